The lowest BCUT2D eigenvalue weighted by Gasteiger charge is -2.14. The number of hydrogen-bond acceptors (Lipinski definition) is 7. The lowest BCUT2D eigenvalue weighted by molar-refractivity contribution is 0.0951. The molecule has 37 heavy (non-hydrogen) atoms. The Kier molecular flexibility index (Phi) is 7.09. The maximum absolute atomic E-state index is 12.7. The van der Waals surface area contributed by atoms with E-state index < -0.39 is 0 Å². The van der Waals surface area contributed by atoms with Crippen molar-refractivity contribution >= 4 is 29.1 Å². The Morgan fingerprint density at radius 2 is 1.57 bits per heavy atom. The van der Waals surface area contributed by atoms with Gasteiger partial charge in [0.15, 0.2) is 0 Å². The van der Waals surface area contributed by atoms with Crippen molar-refractivity contribution < 1.29 is 19.0 Å². The number of methoxy groups -OCH3 is 2. The molecule has 5 rings (SSSR count). The Labute approximate surface area is 219 Å². The van der Waals surface area contributed by atoms with Crippen LogP contribution in [0.15, 0.2) is 73.1 Å². The van der Waals surface area contributed by atoms with Crippen LogP contribution >= 0.6 is 11.6 Å². The predicted molar refractivity (Wildman–Crippen MR) is 142 cm³/mol. The highest BCUT2D eigenvalue weighted by Crippen LogP contribution is 2.35. The smallest absolute Gasteiger partial charge is 0.251 e. The fourth-order valence-corrected chi connectivity index (χ4v) is 3.78. The van der Waals surface area contributed by atoms with Gasteiger partial charge in [-0.1, -0.05) is 11.6 Å². The van der Waals surface area contributed by atoms with Crippen LogP contribution in [0.4, 0.5) is 11.6 Å². The first-order valence-corrected chi connectivity index (χ1v) is 12.1. The molecule has 0 unspecified atom stereocenters. The van der Waals surface area contributed by atoms with Crippen LogP contribution in [0.2, 0.25) is 5.02 Å². The summed E-state index contributed by atoms with van der Waals surface area (Å²) in [6.07, 6.45) is 5.41. The standard InChI is InChI=1S/C28H25ClN4O4/c1-35-23-12-21(13-24(14-23)36-2)33-28-30-15-18(16-31-28)25-10-3-17(27(34)32-20-6-7-20)11-26(25)37-22-8-4-19(29)5-9-22/h3-5,8-16,20H,6-7H2,1-2H3,(H,32,34)(H,30,31,33). The van der Waals surface area contributed by atoms with Gasteiger partial charge in [0.1, 0.15) is 23.0 Å². The Bertz CT molecular complexity index is 1380. The second kappa shape index (κ2) is 10.8. The summed E-state index contributed by atoms with van der Waals surface area (Å²) in [7, 11) is 3.18. The second-order valence-corrected chi connectivity index (χ2v) is 8.97. The second-order valence-electron chi connectivity index (χ2n) is 8.54. The van der Waals surface area contributed by atoms with E-state index in [4.69, 9.17) is 25.8 Å². The molecule has 1 fully saturated rings. The summed E-state index contributed by atoms with van der Waals surface area (Å²) in [6.45, 7) is 0. The summed E-state index contributed by atoms with van der Waals surface area (Å²) < 4.78 is 16.8. The van der Waals surface area contributed by atoms with Crippen LogP contribution in [0.25, 0.3) is 11.1 Å². The Morgan fingerprint density at radius 3 is 2.19 bits per heavy atom. The molecule has 1 saturated carbocycles. The van der Waals surface area contributed by atoms with Crippen LogP contribution in [-0.4, -0.2) is 36.1 Å². The molecule has 1 heterocycles. The van der Waals surface area contributed by atoms with Crippen molar-refractivity contribution in [2.75, 3.05) is 19.5 Å². The zero-order valence-corrected chi connectivity index (χ0v) is 21.1. The number of hydrogen-bond donors (Lipinski definition) is 2. The van der Waals surface area contributed by atoms with Crippen molar-refractivity contribution in [2.45, 2.75) is 18.9 Å². The zero-order chi connectivity index (χ0) is 25.8. The minimum Gasteiger partial charge on any atom is -0.497 e. The number of carbonyl (C=O) groups is 1. The molecule has 0 radical (unpaired) electrons. The van der Waals surface area contributed by atoms with E-state index in [1.807, 2.05) is 18.2 Å². The number of halogens is 1. The summed E-state index contributed by atoms with van der Waals surface area (Å²) >= 11 is 6.02. The highest BCUT2D eigenvalue weighted by Gasteiger charge is 2.24. The first kappa shape index (κ1) is 24.4. The van der Waals surface area contributed by atoms with Crippen LogP contribution < -0.4 is 24.8 Å². The summed E-state index contributed by atoms with van der Waals surface area (Å²) in [4.78, 5) is 21.6. The van der Waals surface area contributed by atoms with Gasteiger partial charge in [0, 0.05) is 64.0 Å². The van der Waals surface area contributed by atoms with E-state index in [9.17, 15) is 4.79 Å². The SMILES string of the molecule is COc1cc(Nc2ncc(-c3ccc(C(=O)NC4CC4)cc3Oc3ccc(Cl)cc3)cn2)cc(OC)c1. The molecule has 0 aliphatic heterocycles. The molecule has 1 aliphatic carbocycles. The molecule has 3 aromatic carbocycles. The third-order valence-corrected chi connectivity index (χ3v) is 6.02. The van der Waals surface area contributed by atoms with Crippen molar-refractivity contribution in [1.29, 1.82) is 0 Å². The average Bonchev–Trinajstić information content (AvgIpc) is 3.74. The quantitative estimate of drug-likeness (QED) is 0.272. The molecule has 0 bridgehead atoms. The van der Waals surface area contributed by atoms with Gasteiger partial charge in [-0.2, -0.15) is 0 Å². The lowest BCUT2D eigenvalue weighted by Crippen LogP contribution is -2.25. The maximum atomic E-state index is 12.7. The number of anilines is 2. The Hall–Kier alpha value is -4.30. The van der Waals surface area contributed by atoms with E-state index in [0.717, 1.165) is 29.7 Å². The molecule has 0 atom stereocenters. The first-order valence-electron chi connectivity index (χ1n) is 11.7. The third kappa shape index (κ3) is 6.10. The fraction of sp³-hybridized carbons (Fsp3) is 0.179. The molecule has 1 aromatic heterocycles. The number of nitrogens with zero attached hydrogens (tertiary/aromatic N) is 2. The van der Waals surface area contributed by atoms with Crippen molar-refractivity contribution in [3.63, 3.8) is 0 Å². The number of ether oxygens (including phenoxy) is 3. The van der Waals surface area contributed by atoms with Crippen LogP contribution in [0.1, 0.15) is 23.2 Å². The number of rotatable bonds is 9. The van der Waals surface area contributed by atoms with E-state index >= 15 is 0 Å². The maximum Gasteiger partial charge on any atom is 0.251 e. The van der Waals surface area contributed by atoms with Gasteiger partial charge in [-0.25, -0.2) is 9.97 Å². The van der Waals surface area contributed by atoms with E-state index in [1.165, 1.54) is 0 Å². The minimum absolute atomic E-state index is 0.125. The molecule has 0 spiro atoms. The van der Waals surface area contributed by atoms with Crippen molar-refractivity contribution in [3.05, 3.63) is 83.6 Å². The normalized spacial score (nSPS) is 12.5. The van der Waals surface area contributed by atoms with Gasteiger partial charge >= 0.3 is 0 Å². The summed E-state index contributed by atoms with van der Waals surface area (Å²) in [5.74, 6) is 2.67. The molecule has 4 aromatic rings. The predicted octanol–water partition coefficient (Wildman–Crippen LogP) is 6.24. The van der Waals surface area contributed by atoms with Gasteiger partial charge < -0.3 is 24.8 Å². The first-order chi connectivity index (χ1) is 18.0. The number of benzene rings is 3. The Balaban J connectivity index is 1.42. The van der Waals surface area contributed by atoms with E-state index in [0.29, 0.717) is 39.5 Å². The van der Waals surface area contributed by atoms with Gasteiger partial charge in [-0.05, 0) is 55.3 Å². The summed E-state index contributed by atoms with van der Waals surface area (Å²) in [6, 6.07) is 18.1. The van der Waals surface area contributed by atoms with Crippen molar-refractivity contribution in [1.82, 2.24) is 15.3 Å². The van der Waals surface area contributed by atoms with Crippen LogP contribution in [-0.2, 0) is 0 Å². The van der Waals surface area contributed by atoms with E-state index in [2.05, 4.69) is 20.6 Å². The van der Waals surface area contributed by atoms with Crippen LogP contribution in [0, 0.1) is 0 Å². The molecule has 1 aliphatic rings. The molecular weight excluding hydrogens is 492 g/mol. The minimum atomic E-state index is -0.125. The lowest BCUT2D eigenvalue weighted by atomic mass is 10.0. The van der Waals surface area contributed by atoms with Crippen molar-refractivity contribution in [3.8, 4) is 34.1 Å². The van der Waals surface area contributed by atoms with Gasteiger partial charge in [0.25, 0.3) is 5.91 Å². The molecule has 0 saturated heterocycles. The average molecular weight is 517 g/mol. The molecule has 9 heteroatoms. The summed E-state index contributed by atoms with van der Waals surface area (Å²) in [5, 5.41) is 6.78. The number of amides is 1. The van der Waals surface area contributed by atoms with Gasteiger partial charge in [-0.15, -0.1) is 0 Å². The third-order valence-electron chi connectivity index (χ3n) is 5.77. The number of nitrogens with one attached hydrogen (secondary N) is 2. The molecular formula is C28H25ClN4O4. The zero-order valence-electron chi connectivity index (χ0n) is 20.3. The highest BCUT2D eigenvalue weighted by atomic mass is 35.5. The number of aromatic nitrogens is 2. The van der Waals surface area contributed by atoms with Crippen LogP contribution in [0.5, 0.6) is 23.0 Å². The fourth-order valence-electron chi connectivity index (χ4n) is 3.65. The summed E-state index contributed by atoms with van der Waals surface area (Å²) in [5.41, 5.74) is 2.71. The van der Waals surface area contributed by atoms with Crippen molar-refractivity contribution in [2.24, 2.45) is 0 Å². The molecule has 8 nitrogen and oxygen atoms in total. The molecule has 188 valence electrons. The topological polar surface area (TPSA) is 94.6 Å². The van der Waals surface area contributed by atoms with E-state index in [1.54, 1.807) is 69.1 Å². The number of carbonyl (C=O) groups excluding carboxylic acids is 1. The van der Waals surface area contributed by atoms with Crippen LogP contribution in [0.3, 0.4) is 0 Å². The van der Waals surface area contributed by atoms with Gasteiger partial charge in [0.2, 0.25) is 5.95 Å². The highest BCUT2D eigenvalue weighted by molar-refractivity contribution is 6.30. The monoisotopic (exact) mass is 516 g/mol. The molecule has 2 N–H and O–H groups in total. The Morgan fingerprint density at radius 1 is 0.892 bits per heavy atom. The van der Waals surface area contributed by atoms with Gasteiger partial charge in [0.05, 0.1) is 14.2 Å². The molecule has 1 amide bonds. The van der Waals surface area contributed by atoms with E-state index in [-0.39, 0.29) is 11.9 Å². The largest absolute Gasteiger partial charge is 0.497 e. The van der Waals surface area contributed by atoms with Gasteiger partial charge in [-0.3, -0.25) is 4.79 Å².